The summed E-state index contributed by atoms with van der Waals surface area (Å²) >= 11 is 0. The fourth-order valence-corrected chi connectivity index (χ4v) is 3.00. The fourth-order valence-electron chi connectivity index (χ4n) is 3.00. The van der Waals surface area contributed by atoms with Crippen molar-refractivity contribution in [2.75, 3.05) is 6.61 Å². The standard InChI is InChI=1S/C16H32O2/c1-7-9-10-11-16(8-2)17-12-15(5,6)14(18-16)13(3)4/h13-14H,7-12H2,1-6H3/t14-,16-/m1/s1. The molecule has 0 amide bonds. The van der Waals surface area contributed by atoms with Gasteiger partial charge in [-0.3, -0.25) is 0 Å². The molecule has 1 aliphatic heterocycles. The number of ether oxygens (including phenoxy) is 2. The van der Waals surface area contributed by atoms with E-state index in [-0.39, 0.29) is 11.2 Å². The van der Waals surface area contributed by atoms with Crippen molar-refractivity contribution in [2.24, 2.45) is 11.3 Å². The summed E-state index contributed by atoms with van der Waals surface area (Å²) in [5.74, 6) is 0.223. The first-order valence-corrected chi connectivity index (χ1v) is 7.68. The summed E-state index contributed by atoms with van der Waals surface area (Å²) in [5, 5.41) is 0. The molecule has 2 atom stereocenters. The second-order valence-electron chi connectivity index (χ2n) is 6.78. The second kappa shape index (κ2) is 6.38. The predicted octanol–water partition coefficient (Wildman–Crippen LogP) is 4.77. The van der Waals surface area contributed by atoms with Crippen molar-refractivity contribution in [1.82, 2.24) is 0 Å². The minimum Gasteiger partial charge on any atom is -0.349 e. The Bertz CT molecular complexity index is 247. The zero-order chi connectivity index (χ0) is 13.8. The smallest absolute Gasteiger partial charge is 0.168 e. The van der Waals surface area contributed by atoms with E-state index >= 15 is 0 Å². The lowest BCUT2D eigenvalue weighted by Gasteiger charge is -2.50. The van der Waals surface area contributed by atoms with Crippen molar-refractivity contribution in [3.8, 4) is 0 Å². The Kier molecular flexibility index (Phi) is 5.67. The van der Waals surface area contributed by atoms with E-state index in [9.17, 15) is 0 Å². The summed E-state index contributed by atoms with van der Waals surface area (Å²) in [6.07, 6.45) is 6.01. The molecule has 1 aliphatic rings. The van der Waals surface area contributed by atoms with E-state index in [1.807, 2.05) is 0 Å². The van der Waals surface area contributed by atoms with Gasteiger partial charge in [0.25, 0.3) is 0 Å². The van der Waals surface area contributed by atoms with Gasteiger partial charge in [-0.05, 0) is 18.8 Å². The van der Waals surface area contributed by atoms with Crippen LogP contribution in [0.15, 0.2) is 0 Å². The van der Waals surface area contributed by atoms with E-state index in [1.54, 1.807) is 0 Å². The van der Waals surface area contributed by atoms with Crippen LogP contribution in [-0.2, 0) is 9.47 Å². The van der Waals surface area contributed by atoms with Crippen molar-refractivity contribution in [2.45, 2.75) is 85.5 Å². The molecule has 0 N–H and O–H groups in total. The highest BCUT2D eigenvalue weighted by Gasteiger charge is 2.46. The summed E-state index contributed by atoms with van der Waals surface area (Å²) in [7, 11) is 0. The second-order valence-corrected chi connectivity index (χ2v) is 6.78. The lowest BCUT2D eigenvalue weighted by atomic mass is 9.79. The van der Waals surface area contributed by atoms with Gasteiger partial charge in [-0.2, -0.15) is 0 Å². The molecule has 0 aromatic heterocycles. The lowest BCUT2D eigenvalue weighted by Crippen LogP contribution is -2.54. The highest BCUT2D eigenvalue weighted by atomic mass is 16.7. The average molecular weight is 256 g/mol. The Balaban J connectivity index is 2.71. The van der Waals surface area contributed by atoms with Crippen LogP contribution in [0, 0.1) is 11.3 Å². The Labute approximate surface area is 113 Å². The first-order valence-electron chi connectivity index (χ1n) is 7.68. The molecule has 2 heteroatoms. The van der Waals surface area contributed by atoms with Crippen molar-refractivity contribution in [1.29, 1.82) is 0 Å². The molecule has 0 spiro atoms. The first-order chi connectivity index (χ1) is 8.37. The maximum Gasteiger partial charge on any atom is 0.168 e. The highest BCUT2D eigenvalue weighted by Crippen LogP contribution is 2.42. The van der Waals surface area contributed by atoms with Crippen LogP contribution in [0.2, 0.25) is 0 Å². The van der Waals surface area contributed by atoms with Gasteiger partial charge < -0.3 is 9.47 Å². The average Bonchev–Trinajstić information content (AvgIpc) is 2.31. The van der Waals surface area contributed by atoms with E-state index in [2.05, 4.69) is 41.5 Å². The number of hydrogen-bond donors (Lipinski definition) is 0. The van der Waals surface area contributed by atoms with Gasteiger partial charge in [0, 0.05) is 11.8 Å². The molecule has 1 saturated heterocycles. The molecule has 108 valence electrons. The molecule has 0 aromatic rings. The Morgan fingerprint density at radius 3 is 2.33 bits per heavy atom. The zero-order valence-electron chi connectivity index (χ0n) is 13.2. The molecule has 0 unspecified atom stereocenters. The van der Waals surface area contributed by atoms with Gasteiger partial charge >= 0.3 is 0 Å². The monoisotopic (exact) mass is 256 g/mol. The van der Waals surface area contributed by atoms with Gasteiger partial charge in [0.2, 0.25) is 0 Å². The molecule has 1 heterocycles. The summed E-state index contributed by atoms with van der Waals surface area (Å²) in [5.41, 5.74) is 0.123. The van der Waals surface area contributed by atoms with Crippen molar-refractivity contribution in [3.63, 3.8) is 0 Å². The molecule has 0 bridgehead atoms. The van der Waals surface area contributed by atoms with Crippen LogP contribution in [-0.4, -0.2) is 18.5 Å². The van der Waals surface area contributed by atoms with Crippen LogP contribution < -0.4 is 0 Å². The third kappa shape index (κ3) is 3.71. The minimum absolute atomic E-state index is 0.123. The van der Waals surface area contributed by atoms with E-state index in [4.69, 9.17) is 9.47 Å². The van der Waals surface area contributed by atoms with Crippen molar-refractivity contribution < 1.29 is 9.47 Å². The summed E-state index contributed by atoms with van der Waals surface area (Å²) in [4.78, 5) is 0. The largest absolute Gasteiger partial charge is 0.349 e. The van der Waals surface area contributed by atoms with Gasteiger partial charge in [0.15, 0.2) is 5.79 Å². The SMILES string of the molecule is CCCCC[C@]1(CC)OCC(C)(C)[C@@H](C(C)C)O1. The molecule has 0 radical (unpaired) electrons. The minimum atomic E-state index is -0.320. The molecule has 2 nitrogen and oxygen atoms in total. The van der Waals surface area contributed by atoms with E-state index in [0.717, 1.165) is 19.4 Å². The van der Waals surface area contributed by atoms with Crippen molar-refractivity contribution >= 4 is 0 Å². The van der Waals surface area contributed by atoms with E-state index in [1.165, 1.54) is 19.3 Å². The molecule has 0 saturated carbocycles. The fraction of sp³-hybridized carbons (Fsp3) is 1.00. The van der Waals surface area contributed by atoms with Crippen LogP contribution in [0.3, 0.4) is 0 Å². The maximum absolute atomic E-state index is 6.42. The van der Waals surface area contributed by atoms with Crippen LogP contribution in [0.5, 0.6) is 0 Å². The maximum atomic E-state index is 6.42. The first kappa shape index (κ1) is 16.0. The topological polar surface area (TPSA) is 18.5 Å². The molecular formula is C16H32O2. The molecular weight excluding hydrogens is 224 g/mol. The quantitative estimate of drug-likeness (QED) is 0.637. The van der Waals surface area contributed by atoms with Gasteiger partial charge in [0.05, 0.1) is 12.7 Å². The molecule has 1 fully saturated rings. The van der Waals surface area contributed by atoms with E-state index < -0.39 is 0 Å². The third-order valence-electron chi connectivity index (χ3n) is 4.12. The molecule has 0 aliphatic carbocycles. The van der Waals surface area contributed by atoms with Crippen LogP contribution in [0.4, 0.5) is 0 Å². The van der Waals surface area contributed by atoms with Gasteiger partial charge in [-0.1, -0.05) is 54.4 Å². The Hall–Kier alpha value is -0.0800. The summed E-state index contributed by atoms with van der Waals surface area (Å²) in [6.45, 7) is 14.2. The van der Waals surface area contributed by atoms with Gasteiger partial charge in [0.1, 0.15) is 0 Å². The summed E-state index contributed by atoms with van der Waals surface area (Å²) < 4.78 is 12.6. The Morgan fingerprint density at radius 1 is 1.17 bits per heavy atom. The van der Waals surface area contributed by atoms with Crippen LogP contribution in [0.1, 0.15) is 73.6 Å². The van der Waals surface area contributed by atoms with Crippen LogP contribution in [0.25, 0.3) is 0 Å². The van der Waals surface area contributed by atoms with Crippen molar-refractivity contribution in [3.05, 3.63) is 0 Å². The number of unbranched alkanes of at least 4 members (excludes halogenated alkanes) is 2. The van der Waals surface area contributed by atoms with Gasteiger partial charge in [-0.15, -0.1) is 0 Å². The lowest BCUT2D eigenvalue weighted by molar-refractivity contribution is -0.340. The number of hydrogen-bond acceptors (Lipinski definition) is 2. The van der Waals surface area contributed by atoms with E-state index in [0.29, 0.717) is 12.0 Å². The van der Waals surface area contributed by atoms with Gasteiger partial charge in [-0.25, -0.2) is 0 Å². The van der Waals surface area contributed by atoms with Crippen LogP contribution >= 0.6 is 0 Å². The normalized spacial score (nSPS) is 31.8. The molecule has 1 rings (SSSR count). The third-order valence-corrected chi connectivity index (χ3v) is 4.12. The Morgan fingerprint density at radius 2 is 1.83 bits per heavy atom. The number of rotatable bonds is 6. The highest BCUT2D eigenvalue weighted by molar-refractivity contribution is 4.89. The molecule has 0 aromatic carbocycles. The predicted molar refractivity (Wildman–Crippen MR) is 76.6 cm³/mol. The summed E-state index contributed by atoms with van der Waals surface area (Å²) in [6, 6.07) is 0. The molecule has 18 heavy (non-hydrogen) atoms. The zero-order valence-corrected chi connectivity index (χ0v) is 13.2.